The average Bonchev–Trinajstić information content (AvgIpc) is 2.82. The normalized spacial score (nSPS) is 11.3. The maximum Gasteiger partial charge on any atom is 0.101 e. The van der Waals surface area contributed by atoms with Crippen molar-refractivity contribution in [3.05, 3.63) is 121 Å². The Kier molecular flexibility index (Phi) is 6.07. The van der Waals surface area contributed by atoms with Crippen LogP contribution in [0.1, 0.15) is 0 Å². The van der Waals surface area contributed by atoms with Crippen LogP contribution in [0.5, 0.6) is 0 Å². The summed E-state index contributed by atoms with van der Waals surface area (Å²) in [5, 5.41) is 16.3. The summed E-state index contributed by atoms with van der Waals surface area (Å²) in [6.07, 6.45) is 0. The highest BCUT2D eigenvalue weighted by atomic mass is 31.2. The summed E-state index contributed by atoms with van der Waals surface area (Å²) in [4.78, 5) is 0. The van der Waals surface area contributed by atoms with Crippen LogP contribution >= 0.6 is 15.5 Å². The first kappa shape index (κ1) is 19.4. The van der Waals surface area contributed by atoms with E-state index in [4.69, 9.17) is 0 Å². The Bertz CT molecular complexity index is 1060. The van der Waals surface area contributed by atoms with Gasteiger partial charge in [-0.3, -0.25) is 0 Å². The highest BCUT2D eigenvalue weighted by molar-refractivity contribution is 8.04. The Balaban J connectivity index is 2.14. The Morgan fingerprint density at radius 1 is 0.552 bits per heavy atom. The number of nitriles is 1. The van der Waals surface area contributed by atoms with Gasteiger partial charge in [0.15, 0.2) is 0 Å². The van der Waals surface area contributed by atoms with Crippen LogP contribution < -0.4 is 21.2 Å². The smallest absolute Gasteiger partial charge is 0.101 e. The van der Waals surface area contributed by atoms with Gasteiger partial charge < -0.3 is 0 Å². The first-order valence-corrected chi connectivity index (χ1v) is 12.3. The van der Waals surface area contributed by atoms with E-state index < -0.39 is 6.89 Å². The van der Waals surface area contributed by atoms with E-state index in [1.165, 1.54) is 21.2 Å². The van der Waals surface area contributed by atoms with Crippen molar-refractivity contribution in [2.75, 3.05) is 0 Å². The molecule has 0 radical (unpaired) electrons. The van der Waals surface area contributed by atoms with Gasteiger partial charge in [0.25, 0.3) is 0 Å². The molecule has 3 heteroatoms. The third-order valence-electron chi connectivity index (χ3n) is 4.91. The van der Waals surface area contributed by atoms with Crippen LogP contribution in [0.2, 0.25) is 0 Å². The molecule has 0 saturated heterocycles. The van der Waals surface area contributed by atoms with Gasteiger partial charge in [0, 0.05) is 0 Å². The van der Waals surface area contributed by atoms with Crippen LogP contribution in [0.4, 0.5) is 0 Å². The van der Waals surface area contributed by atoms with E-state index in [2.05, 4.69) is 91.0 Å². The predicted molar refractivity (Wildman–Crippen MR) is 130 cm³/mol. The fourth-order valence-electron chi connectivity index (χ4n) is 3.63. The number of benzene rings is 4. The Morgan fingerprint density at radius 3 is 1.24 bits per heavy atom. The van der Waals surface area contributed by atoms with Crippen molar-refractivity contribution in [2.24, 2.45) is 0 Å². The second-order valence-electron chi connectivity index (χ2n) is 6.63. The van der Waals surface area contributed by atoms with Crippen molar-refractivity contribution in [3.63, 3.8) is 0 Å². The number of hydrogen-bond donors (Lipinski definition) is 0. The second kappa shape index (κ2) is 9.07. The number of nitrogens with zero attached hydrogens (tertiary/aromatic N) is 1. The van der Waals surface area contributed by atoms with E-state index in [9.17, 15) is 5.26 Å². The first-order valence-electron chi connectivity index (χ1n) is 9.51. The average molecular weight is 409 g/mol. The van der Waals surface area contributed by atoms with Crippen molar-refractivity contribution in [1.29, 1.82) is 5.26 Å². The summed E-state index contributed by atoms with van der Waals surface area (Å²) >= 11 is 0. The minimum Gasteiger partial charge on any atom is -0.192 e. The Labute approximate surface area is 174 Å². The van der Waals surface area contributed by atoms with Crippen LogP contribution in [-0.4, -0.2) is 5.03 Å². The highest BCUT2D eigenvalue weighted by Gasteiger charge is 2.30. The molecule has 4 aromatic carbocycles. The third kappa shape index (κ3) is 3.83. The molecule has 4 rings (SSSR count). The molecular formula is C26H21NP2. The molecule has 0 aliphatic rings. The molecule has 0 bridgehead atoms. The van der Waals surface area contributed by atoms with Crippen molar-refractivity contribution >= 4 is 41.7 Å². The van der Waals surface area contributed by atoms with Crippen molar-refractivity contribution in [2.45, 2.75) is 0 Å². The topological polar surface area (TPSA) is 23.8 Å². The van der Waals surface area contributed by atoms with Gasteiger partial charge in [-0.2, -0.15) is 5.26 Å². The monoisotopic (exact) mass is 409 g/mol. The molecule has 4 aromatic rings. The first-order chi connectivity index (χ1) is 14.4. The lowest BCUT2D eigenvalue weighted by Gasteiger charge is -2.30. The maximum atomic E-state index is 10.5. The van der Waals surface area contributed by atoms with Gasteiger partial charge in [-0.05, 0) is 36.7 Å². The van der Waals surface area contributed by atoms with Crippen LogP contribution in [0.25, 0.3) is 0 Å². The minimum absolute atomic E-state index is 0.329. The van der Waals surface area contributed by atoms with Crippen molar-refractivity contribution in [1.82, 2.24) is 0 Å². The van der Waals surface area contributed by atoms with E-state index in [-0.39, 0.29) is 0 Å². The zero-order valence-corrected chi connectivity index (χ0v) is 17.8. The van der Waals surface area contributed by atoms with Gasteiger partial charge in [0.1, 0.15) is 6.07 Å². The van der Waals surface area contributed by atoms with E-state index >= 15 is 0 Å². The van der Waals surface area contributed by atoms with Crippen LogP contribution in [0.15, 0.2) is 121 Å². The molecule has 0 amide bonds. The molecular weight excluding hydrogens is 388 g/mol. The number of rotatable bonds is 5. The van der Waals surface area contributed by atoms with E-state index in [1.54, 1.807) is 0 Å². The quantitative estimate of drug-likeness (QED) is 0.441. The second-order valence-corrected chi connectivity index (χ2v) is 11.7. The molecule has 0 aliphatic heterocycles. The van der Waals surface area contributed by atoms with Crippen LogP contribution in [-0.2, 0) is 0 Å². The van der Waals surface area contributed by atoms with Crippen LogP contribution in [0, 0.1) is 11.3 Å². The number of hydrogen-bond acceptors (Lipinski definition) is 1. The van der Waals surface area contributed by atoms with Gasteiger partial charge in [-0.1, -0.05) is 121 Å². The third-order valence-corrected chi connectivity index (χ3v) is 11.2. The van der Waals surface area contributed by atoms with Gasteiger partial charge in [0.2, 0.25) is 0 Å². The van der Waals surface area contributed by atoms with Crippen molar-refractivity contribution < 1.29 is 0 Å². The molecule has 0 spiro atoms. The molecule has 140 valence electrons. The molecule has 0 aliphatic carbocycles. The van der Waals surface area contributed by atoms with Crippen molar-refractivity contribution in [3.8, 4) is 6.07 Å². The molecule has 29 heavy (non-hydrogen) atoms. The lowest BCUT2D eigenvalue weighted by atomic mass is 10.4. The molecule has 0 N–H and O–H groups in total. The lowest BCUT2D eigenvalue weighted by Crippen LogP contribution is -2.29. The zero-order chi connectivity index (χ0) is 19.9. The van der Waals surface area contributed by atoms with Crippen LogP contribution in [0.3, 0.4) is 0 Å². The molecule has 0 aromatic heterocycles. The molecule has 1 atom stereocenters. The molecule has 0 saturated carbocycles. The predicted octanol–water partition coefficient (Wildman–Crippen LogP) is 4.64. The lowest BCUT2D eigenvalue weighted by molar-refractivity contribution is 1.56. The summed E-state index contributed by atoms with van der Waals surface area (Å²) in [5.74, 6) is 0. The summed E-state index contributed by atoms with van der Waals surface area (Å²) in [6.45, 7) is -2.26. The molecule has 1 nitrogen and oxygen atoms in total. The fourth-order valence-corrected chi connectivity index (χ4v) is 10.2. The summed E-state index contributed by atoms with van der Waals surface area (Å²) in [7, 11) is 0.329. The molecule has 1 unspecified atom stereocenters. The molecule has 0 fully saturated rings. The van der Waals surface area contributed by atoms with E-state index in [0.717, 1.165) is 5.03 Å². The molecule has 0 heterocycles. The standard InChI is InChI=1S/C26H21NP2/c27-21-26(28-22-13-5-1-6-14-22)29(23-15-7-2-8-16-23,24-17-9-3-10-18-24)25-19-11-4-12-20-25/h1-20,28H. The Hall–Kier alpha value is -2.90. The summed E-state index contributed by atoms with van der Waals surface area (Å²) < 4.78 is 0. The fraction of sp³-hybridized carbons (Fsp3) is 0. The summed E-state index contributed by atoms with van der Waals surface area (Å²) in [6, 6.07) is 44.7. The highest BCUT2D eigenvalue weighted by Crippen LogP contribution is 2.49. The Morgan fingerprint density at radius 2 is 0.897 bits per heavy atom. The van der Waals surface area contributed by atoms with Gasteiger partial charge in [-0.15, -0.1) is 0 Å². The SMILES string of the molecule is N#CC(Pc1ccccc1)=P(c1ccccc1)(c1ccccc1)c1ccccc1. The largest absolute Gasteiger partial charge is 0.192 e. The van der Waals surface area contributed by atoms with E-state index in [1.807, 2.05) is 36.4 Å². The minimum atomic E-state index is -2.26. The van der Waals surface area contributed by atoms with Gasteiger partial charge in [0.05, 0.1) is 5.03 Å². The van der Waals surface area contributed by atoms with Gasteiger partial charge >= 0.3 is 0 Å². The van der Waals surface area contributed by atoms with Gasteiger partial charge in [-0.25, -0.2) is 0 Å². The maximum absolute atomic E-state index is 10.5. The zero-order valence-electron chi connectivity index (χ0n) is 15.9. The van der Waals surface area contributed by atoms with E-state index in [0.29, 0.717) is 8.58 Å². The summed E-state index contributed by atoms with van der Waals surface area (Å²) in [5.41, 5.74) is 0.